The van der Waals surface area contributed by atoms with E-state index < -0.39 is 0 Å². The van der Waals surface area contributed by atoms with Crippen LogP contribution in [0.25, 0.3) is 11.3 Å². The molecule has 0 spiro atoms. The maximum Gasteiger partial charge on any atom is 0.236 e. The van der Waals surface area contributed by atoms with Crippen molar-refractivity contribution in [2.75, 3.05) is 13.6 Å². The first kappa shape index (κ1) is 20.1. The van der Waals surface area contributed by atoms with Crippen LogP contribution in [0.5, 0.6) is 5.88 Å². The number of benzene rings is 1. The summed E-state index contributed by atoms with van der Waals surface area (Å²) >= 11 is 0. The van der Waals surface area contributed by atoms with Gasteiger partial charge in [-0.3, -0.25) is 14.5 Å². The summed E-state index contributed by atoms with van der Waals surface area (Å²) in [6.07, 6.45) is 5.32. The molecule has 6 nitrogen and oxygen atoms in total. The molecule has 0 saturated carbocycles. The van der Waals surface area contributed by atoms with Gasteiger partial charge in [-0.2, -0.15) is 0 Å². The van der Waals surface area contributed by atoms with Gasteiger partial charge in [0.1, 0.15) is 6.61 Å². The first-order chi connectivity index (χ1) is 14.4. The van der Waals surface area contributed by atoms with Gasteiger partial charge in [-0.05, 0) is 37.0 Å². The number of aromatic nitrogens is 3. The number of aryl methyl sites for hydroxylation is 3. The minimum absolute atomic E-state index is 0.205. The van der Waals surface area contributed by atoms with Crippen molar-refractivity contribution in [3.63, 3.8) is 0 Å². The fraction of sp³-hybridized carbons (Fsp3) is 0.375. The third-order valence-electron chi connectivity index (χ3n) is 5.71. The Labute approximate surface area is 177 Å². The van der Waals surface area contributed by atoms with Crippen molar-refractivity contribution in [2.45, 2.75) is 39.2 Å². The second kappa shape index (κ2) is 8.30. The molecule has 0 bridgehead atoms. The average molecular weight is 405 g/mol. The monoisotopic (exact) mass is 404 g/mol. The lowest BCUT2D eigenvalue weighted by Gasteiger charge is -2.29. The zero-order valence-corrected chi connectivity index (χ0v) is 18.1. The van der Waals surface area contributed by atoms with Crippen LogP contribution in [0.4, 0.5) is 0 Å². The number of nitrogens with zero attached hydrogens (tertiary/aromatic N) is 4. The van der Waals surface area contributed by atoms with Crippen LogP contribution >= 0.6 is 0 Å². The van der Waals surface area contributed by atoms with Gasteiger partial charge in [0.05, 0.1) is 5.69 Å². The van der Waals surface area contributed by atoms with Gasteiger partial charge in [-0.25, -0.2) is 0 Å². The fourth-order valence-electron chi connectivity index (χ4n) is 4.07. The largest absolute Gasteiger partial charge is 0.472 e. The van der Waals surface area contributed by atoms with Crippen LogP contribution in [0.1, 0.15) is 41.0 Å². The van der Waals surface area contributed by atoms with E-state index in [0.29, 0.717) is 25.5 Å². The Morgan fingerprint density at radius 1 is 1.17 bits per heavy atom. The van der Waals surface area contributed by atoms with E-state index in [4.69, 9.17) is 4.74 Å². The number of piperidine rings is 1. The van der Waals surface area contributed by atoms with Gasteiger partial charge in [-0.15, -0.1) is 5.10 Å². The molecule has 1 aliphatic rings. The van der Waals surface area contributed by atoms with Crippen molar-refractivity contribution < 1.29 is 9.53 Å². The highest BCUT2D eigenvalue weighted by molar-refractivity contribution is 5.77. The van der Waals surface area contributed by atoms with Crippen molar-refractivity contribution in [1.29, 1.82) is 0 Å². The molecule has 1 aromatic carbocycles. The van der Waals surface area contributed by atoms with Gasteiger partial charge in [-0.1, -0.05) is 30.3 Å². The van der Waals surface area contributed by atoms with Crippen molar-refractivity contribution in [1.82, 2.24) is 19.7 Å². The van der Waals surface area contributed by atoms with E-state index in [1.807, 2.05) is 26.5 Å². The second-order valence-corrected chi connectivity index (χ2v) is 8.24. The summed E-state index contributed by atoms with van der Waals surface area (Å²) in [5.74, 6) is 1.12. The summed E-state index contributed by atoms with van der Waals surface area (Å²) in [6.45, 7) is 5.30. The van der Waals surface area contributed by atoms with Gasteiger partial charge < -0.3 is 9.64 Å². The Balaban J connectivity index is 1.46. The Bertz CT molecular complexity index is 1060. The molecule has 1 saturated heterocycles. The summed E-state index contributed by atoms with van der Waals surface area (Å²) in [5.41, 5.74) is 6.61. The van der Waals surface area contributed by atoms with Crippen molar-refractivity contribution in [3.8, 4) is 17.1 Å². The molecule has 1 amide bonds. The van der Waals surface area contributed by atoms with Crippen molar-refractivity contribution in [2.24, 2.45) is 7.05 Å². The predicted molar refractivity (Wildman–Crippen MR) is 116 cm³/mol. The number of amides is 1. The van der Waals surface area contributed by atoms with E-state index in [9.17, 15) is 4.79 Å². The lowest BCUT2D eigenvalue weighted by atomic mass is 9.92. The van der Waals surface area contributed by atoms with Crippen LogP contribution in [0.15, 0.2) is 42.7 Å². The molecule has 0 N–H and O–H groups in total. The topological polar surface area (TPSA) is 60.3 Å². The molecular weight excluding hydrogens is 376 g/mol. The summed E-state index contributed by atoms with van der Waals surface area (Å²) in [6, 6.07) is 10.5. The van der Waals surface area contributed by atoms with E-state index in [-0.39, 0.29) is 11.8 Å². The molecule has 1 fully saturated rings. The van der Waals surface area contributed by atoms with Crippen LogP contribution < -0.4 is 4.74 Å². The highest BCUT2D eigenvalue weighted by Crippen LogP contribution is 2.33. The number of likely N-dealkylation sites (N-methyl/N-ethyl adjacent to an activating group) is 1. The van der Waals surface area contributed by atoms with E-state index in [0.717, 1.165) is 28.8 Å². The number of hydrogen-bond acceptors (Lipinski definition) is 4. The molecule has 1 atom stereocenters. The van der Waals surface area contributed by atoms with E-state index in [2.05, 4.69) is 54.3 Å². The Kier molecular flexibility index (Phi) is 5.57. The fourth-order valence-corrected chi connectivity index (χ4v) is 4.07. The molecule has 3 heterocycles. The number of carbonyl (C=O) groups excluding carboxylic acids is 1. The normalized spacial score (nSPS) is 16.7. The highest BCUT2D eigenvalue weighted by Gasteiger charge is 2.28. The van der Waals surface area contributed by atoms with Gasteiger partial charge in [0.25, 0.3) is 0 Å². The highest BCUT2D eigenvalue weighted by atomic mass is 16.5. The van der Waals surface area contributed by atoms with E-state index in [1.54, 1.807) is 9.58 Å². The first-order valence-electron chi connectivity index (χ1n) is 10.3. The molecule has 1 aliphatic heterocycles. The average Bonchev–Trinajstić information content (AvgIpc) is 3.10. The third kappa shape index (κ3) is 4.22. The molecule has 6 heteroatoms. The maximum absolute atomic E-state index is 11.8. The van der Waals surface area contributed by atoms with Crippen LogP contribution in [-0.2, 0) is 18.4 Å². The molecule has 4 rings (SSSR count). The molecule has 0 radical (unpaired) electrons. The number of rotatable bonds is 5. The number of likely N-dealkylation sites (tertiary alicyclic amines) is 1. The van der Waals surface area contributed by atoms with Gasteiger partial charge in [0.2, 0.25) is 11.8 Å². The molecule has 3 aromatic rings. The van der Waals surface area contributed by atoms with Crippen LogP contribution in [0, 0.1) is 13.8 Å². The Hall–Kier alpha value is -3.15. The molecule has 2 aromatic heterocycles. The minimum atomic E-state index is 0.205. The molecule has 156 valence electrons. The lowest BCUT2D eigenvalue weighted by molar-refractivity contribution is -0.132. The Morgan fingerprint density at radius 3 is 2.63 bits per heavy atom. The van der Waals surface area contributed by atoms with Gasteiger partial charge >= 0.3 is 0 Å². The standard InChI is InChI=1S/C24H28N4O2/c1-16-11-17(2)23(25-12-16)19-7-5-18(6-8-19)15-30-24-21(14-28(4)26-24)20-9-10-22(29)27(3)13-20/h5-8,11-12,14,20H,9-10,13,15H2,1-4H3. The summed E-state index contributed by atoms with van der Waals surface area (Å²) < 4.78 is 7.88. The molecule has 0 aliphatic carbocycles. The lowest BCUT2D eigenvalue weighted by Crippen LogP contribution is -2.35. The number of hydrogen-bond donors (Lipinski definition) is 0. The van der Waals surface area contributed by atoms with E-state index in [1.165, 1.54) is 11.1 Å². The zero-order chi connectivity index (χ0) is 21.3. The number of ether oxygens (including phenoxy) is 1. The molecule has 30 heavy (non-hydrogen) atoms. The van der Waals surface area contributed by atoms with Crippen molar-refractivity contribution >= 4 is 5.91 Å². The maximum atomic E-state index is 11.8. The van der Waals surface area contributed by atoms with Crippen LogP contribution in [0.2, 0.25) is 0 Å². The first-order valence-corrected chi connectivity index (χ1v) is 10.3. The molecule has 1 unspecified atom stereocenters. The van der Waals surface area contributed by atoms with Gasteiger partial charge in [0.15, 0.2) is 0 Å². The van der Waals surface area contributed by atoms with Crippen molar-refractivity contribution in [3.05, 3.63) is 65.0 Å². The summed E-state index contributed by atoms with van der Waals surface area (Å²) in [4.78, 5) is 18.2. The number of pyridine rings is 1. The Morgan fingerprint density at radius 2 is 1.93 bits per heavy atom. The predicted octanol–water partition coefficient (Wildman–Crippen LogP) is 4.01. The SMILES string of the molecule is Cc1cnc(-c2ccc(COc3nn(C)cc3C3CCC(=O)N(C)C3)cc2)c(C)c1. The smallest absolute Gasteiger partial charge is 0.236 e. The van der Waals surface area contributed by atoms with Gasteiger partial charge in [0, 0.05) is 56.5 Å². The number of carbonyl (C=O) groups is 1. The third-order valence-corrected chi connectivity index (χ3v) is 5.71. The molecular formula is C24H28N4O2. The summed E-state index contributed by atoms with van der Waals surface area (Å²) in [7, 11) is 3.76. The zero-order valence-electron chi connectivity index (χ0n) is 18.1. The summed E-state index contributed by atoms with van der Waals surface area (Å²) in [5, 5.41) is 4.51. The minimum Gasteiger partial charge on any atom is -0.472 e. The van der Waals surface area contributed by atoms with Crippen LogP contribution in [-0.4, -0.2) is 39.2 Å². The van der Waals surface area contributed by atoms with Crippen LogP contribution in [0.3, 0.4) is 0 Å². The second-order valence-electron chi connectivity index (χ2n) is 8.24. The quantitative estimate of drug-likeness (QED) is 0.645. The van der Waals surface area contributed by atoms with E-state index >= 15 is 0 Å².